The molecule has 3 aliphatic rings. The SMILES string of the molecule is C#Cc1cccc2cc(O)cc(-c3ncc4c(N5C[C@@H]6[C@H]5CCN6C(=O)C=C)nc(OCC5CCCN5C)nc4c3F)c12. The van der Waals surface area contributed by atoms with Crippen LogP contribution in [0.15, 0.2) is 49.2 Å². The molecule has 218 valence electrons. The van der Waals surface area contributed by atoms with E-state index in [0.717, 1.165) is 25.8 Å². The van der Waals surface area contributed by atoms with Crippen LogP contribution >= 0.6 is 0 Å². The summed E-state index contributed by atoms with van der Waals surface area (Å²) in [6.07, 6.45) is 11.6. The summed E-state index contributed by atoms with van der Waals surface area (Å²) in [5.74, 6) is 2.41. The van der Waals surface area contributed by atoms with Gasteiger partial charge in [-0.2, -0.15) is 9.97 Å². The highest BCUT2D eigenvalue weighted by Gasteiger charge is 2.49. The number of phenolic OH excluding ortho intramolecular Hbond substituents is 1. The summed E-state index contributed by atoms with van der Waals surface area (Å²) in [4.78, 5) is 32.4. The number of anilines is 1. The molecule has 1 N–H and O–H groups in total. The number of fused-ring (bicyclic) bond motifs is 3. The number of amides is 1. The van der Waals surface area contributed by atoms with Crippen LogP contribution in [0.2, 0.25) is 0 Å². The molecule has 0 saturated carbocycles. The second-order valence-electron chi connectivity index (χ2n) is 11.5. The van der Waals surface area contributed by atoms with Crippen molar-refractivity contribution >= 4 is 33.4 Å². The van der Waals surface area contributed by atoms with E-state index in [1.165, 1.54) is 12.1 Å². The molecule has 1 unspecified atom stereocenters. The second kappa shape index (κ2) is 10.5. The van der Waals surface area contributed by atoms with E-state index in [2.05, 4.69) is 39.3 Å². The molecular formula is C33H31FN6O3. The lowest BCUT2D eigenvalue weighted by atomic mass is 9.95. The van der Waals surface area contributed by atoms with Crippen LogP contribution in [0.5, 0.6) is 11.8 Å². The Bertz CT molecular complexity index is 1840. The summed E-state index contributed by atoms with van der Waals surface area (Å²) in [6.45, 7) is 6.19. The molecule has 4 aromatic rings. The molecule has 43 heavy (non-hydrogen) atoms. The topological polar surface area (TPSA) is 94.9 Å². The van der Waals surface area contributed by atoms with E-state index < -0.39 is 5.82 Å². The third-order valence-corrected chi connectivity index (χ3v) is 9.12. The zero-order valence-corrected chi connectivity index (χ0v) is 23.8. The average molecular weight is 579 g/mol. The van der Waals surface area contributed by atoms with Gasteiger partial charge in [-0.25, -0.2) is 4.39 Å². The first kappa shape index (κ1) is 27.1. The fourth-order valence-corrected chi connectivity index (χ4v) is 6.83. The van der Waals surface area contributed by atoms with E-state index in [1.54, 1.807) is 24.4 Å². The quantitative estimate of drug-likeness (QED) is 0.270. The van der Waals surface area contributed by atoms with Crippen molar-refractivity contribution in [2.24, 2.45) is 0 Å². The number of phenols is 1. The normalized spacial score (nSPS) is 21.6. The minimum atomic E-state index is -0.658. The van der Waals surface area contributed by atoms with E-state index in [4.69, 9.17) is 16.1 Å². The van der Waals surface area contributed by atoms with Crippen LogP contribution < -0.4 is 9.64 Å². The van der Waals surface area contributed by atoms with Crippen LogP contribution in [0.1, 0.15) is 24.8 Å². The Morgan fingerprint density at radius 1 is 1.26 bits per heavy atom. The first-order chi connectivity index (χ1) is 20.9. The number of halogens is 1. The van der Waals surface area contributed by atoms with Crippen LogP contribution in [0.3, 0.4) is 0 Å². The average Bonchev–Trinajstić information content (AvgIpc) is 3.56. The largest absolute Gasteiger partial charge is 0.508 e. The van der Waals surface area contributed by atoms with Gasteiger partial charge in [0.2, 0.25) is 5.91 Å². The Morgan fingerprint density at radius 3 is 2.88 bits per heavy atom. The number of hydrogen-bond donors (Lipinski definition) is 1. The molecule has 3 atom stereocenters. The predicted molar refractivity (Wildman–Crippen MR) is 162 cm³/mol. The van der Waals surface area contributed by atoms with Crippen molar-refractivity contribution in [3.05, 3.63) is 60.6 Å². The highest BCUT2D eigenvalue weighted by atomic mass is 19.1. The van der Waals surface area contributed by atoms with Gasteiger partial charge in [0.25, 0.3) is 0 Å². The molecule has 3 fully saturated rings. The van der Waals surface area contributed by atoms with Crippen LogP contribution in [0.4, 0.5) is 10.2 Å². The van der Waals surface area contributed by atoms with Crippen LogP contribution in [-0.4, -0.2) is 87.2 Å². The van der Waals surface area contributed by atoms with Crippen LogP contribution in [0.25, 0.3) is 32.9 Å². The molecule has 2 aromatic carbocycles. The Hall–Kier alpha value is -4.75. The highest BCUT2D eigenvalue weighted by molar-refractivity contribution is 6.03. The maximum absolute atomic E-state index is 16.6. The number of aromatic nitrogens is 3. The number of pyridine rings is 1. The van der Waals surface area contributed by atoms with E-state index in [0.29, 0.717) is 52.8 Å². The van der Waals surface area contributed by atoms with Crippen molar-refractivity contribution in [3.8, 4) is 35.4 Å². The number of carbonyl (C=O) groups is 1. The number of likely N-dealkylation sites (N-methyl/N-ethyl adjacent to an activating group) is 1. The molecule has 7 rings (SSSR count). The minimum absolute atomic E-state index is 0.0207. The molecule has 9 nitrogen and oxygen atoms in total. The van der Waals surface area contributed by atoms with Crippen molar-refractivity contribution in [3.63, 3.8) is 0 Å². The van der Waals surface area contributed by atoms with Gasteiger partial charge < -0.3 is 24.5 Å². The van der Waals surface area contributed by atoms with Crippen molar-refractivity contribution in [2.45, 2.75) is 37.4 Å². The molecule has 1 amide bonds. The Morgan fingerprint density at radius 2 is 2.12 bits per heavy atom. The molecule has 2 aromatic heterocycles. The number of nitrogens with zero attached hydrogens (tertiary/aromatic N) is 6. The summed E-state index contributed by atoms with van der Waals surface area (Å²) in [5.41, 5.74) is 1.03. The van der Waals surface area contributed by atoms with E-state index >= 15 is 4.39 Å². The molecule has 0 aliphatic carbocycles. The van der Waals surface area contributed by atoms with Crippen molar-refractivity contribution in [1.82, 2.24) is 24.8 Å². The van der Waals surface area contributed by atoms with Gasteiger partial charge in [0.1, 0.15) is 29.4 Å². The molecule has 5 heterocycles. The predicted octanol–water partition coefficient (Wildman–Crippen LogP) is 4.12. The van der Waals surface area contributed by atoms with Crippen molar-refractivity contribution < 1.29 is 19.0 Å². The van der Waals surface area contributed by atoms with Gasteiger partial charge in [-0.3, -0.25) is 9.78 Å². The van der Waals surface area contributed by atoms with Gasteiger partial charge in [-0.1, -0.05) is 24.6 Å². The number of likely N-dealkylation sites (tertiary alicyclic amines) is 2. The maximum Gasteiger partial charge on any atom is 0.319 e. The third kappa shape index (κ3) is 4.43. The summed E-state index contributed by atoms with van der Waals surface area (Å²) < 4.78 is 22.8. The Labute approximate surface area is 248 Å². The van der Waals surface area contributed by atoms with Crippen LogP contribution in [0, 0.1) is 18.2 Å². The summed E-state index contributed by atoms with van der Waals surface area (Å²) in [7, 11) is 2.06. The summed E-state index contributed by atoms with van der Waals surface area (Å²) >= 11 is 0. The molecule has 3 saturated heterocycles. The monoisotopic (exact) mass is 578 g/mol. The number of benzene rings is 2. The zero-order chi connectivity index (χ0) is 29.8. The van der Waals surface area contributed by atoms with Gasteiger partial charge in [0, 0.05) is 41.8 Å². The number of carbonyl (C=O) groups excluding carboxylic acids is 1. The minimum Gasteiger partial charge on any atom is -0.508 e. The molecule has 0 radical (unpaired) electrons. The first-order valence-corrected chi connectivity index (χ1v) is 14.5. The maximum atomic E-state index is 16.6. The second-order valence-corrected chi connectivity index (χ2v) is 11.5. The standard InChI is InChI=1S/C33H31FN6O3/c1-4-19-8-6-9-20-14-22(41)15-23(28(19)20)30-29(34)31-24(16-35-30)32(37-33(36-31)43-18-21-10-7-12-38(21)3)40-17-26-25(40)11-13-39(26)27(42)5-2/h1,5-6,8-9,14-16,21,25-26,41H,2,7,10-13,17-18H2,3H3/t21?,25-,26-/m1/s1. The number of hydrogen-bond acceptors (Lipinski definition) is 8. The van der Waals surface area contributed by atoms with E-state index in [9.17, 15) is 9.90 Å². The Balaban J connectivity index is 1.35. The lowest BCUT2D eigenvalue weighted by molar-refractivity contribution is -0.127. The lowest BCUT2D eigenvalue weighted by Gasteiger charge is -2.47. The van der Waals surface area contributed by atoms with Gasteiger partial charge >= 0.3 is 6.01 Å². The van der Waals surface area contributed by atoms with Gasteiger partial charge in [-0.05, 0) is 62.5 Å². The van der Waals surface area contributed by atoms with Crippen molar-refractivity contribution in [1.29, 1.82) is 0 Å². The number of terminal acetylenes is 1. The molecular weight excluding hydrogens is 547 g/mol. The Kier molecular flexibility index (Phi) is 6.62. The van der Waals surface area contributed by atoms with E-state index in [-0.39, 0.29) is 47.0 Å². The van der Waals surface area contributed by atoms with Gasteiger partial charge in [0.15, 0.2) is 5.82 Å². The fraction of sp³-hybridized carbons (Fsp3) is 0.333. The lowest BCUT2D eigenvalue weighted by Crippen LogP contribution is -2.63. The molecule has 0 bridgehead atoms. The van der Waals surface area contributed by atoms with Gasteiger partial charge in [-0.15, -0.1) is 6.42 Å². The highest BCUT2D eigenvalue weighted by Crippen LogP contribution is 2.42. The summed E-state index contributed by atoms with van der Waals surface area (Å²) in [6, 6.07) is 8.82. The number of rotatable bonds is 6. The zero-order valence-electron chi connectivity index (χ0n) is 23.8. The third-order valence-electron chi connectivity index (χ3n) is 9.12. The van der Waals surface area contributed by atoms with E-state index in [1.807, 2.05) is 11.0 Å². The number of ether oxygens (including phenoxy) is 1. The van der Waals surface area contributed by atoms with Gasteiger partial charge in [0.05, 0.1) is 17.5 Å². The molecule has 3 aliphatic heterocycles. The molecule has 0 spiro atoms. The van der Waals surface area contributed by atoms with Crippen LogP contribution in [-0.2, 0) is 4.79 Å². The van der Waals surface area contributed by atoms with Crippen molar-refractivity contribution in [2.75, 3.05) is 38.2 Å². The fourth-order valence-electron chi connectivity index (χ4n) is 6.83. The smallest absolute Gasteiger partial charge is 0.319 e. The molecule has 10 heteroatoms. The number of aromatic hydroxyl groups is 1. The summed E-state index contributed by atoms with van der Waals surface area (Å²) in [5, 5.41) is 12.2. The first-order valence-electron chi connectivity index (χ1n) is 14.5.